The maximum Gasteiger partial charge on any atom is 0.106 e. The molecule has 1 N–H and O–H groups in total. The Hall–Kier alpha value is -0.760. The van der Waals surface area contributed by atoms with Crippen LogP contribution < -0.4 is 5.32 Å². The first-order valence-corrected chi connectivity index (χ1v) is 8.10. The van der Waals surface area contributed by atoms with E-state index in [0.717, 1.165) is 44.7 Å². The highest BCUT2D eigenvalue weighted by Gasteiger charge is 2.19. The summed E-state index contributed by atoms with van der Waals surface area (Å²) in [5.74, 6) is 1.74. The summed E-state index contributed by atoms with van der Waals surface area (Å²) in [5.41, 5.74) is 1.71. The summed E-state index contributed by atoms with van der Waals surface area (Å²) in [5, 5.41) is 3.43. The van der Waals surface area contributed by atoms with E-state index < -0.39 is 0 Å². The summed E-state index contributed by atoms with van der Waals surface area (Å²) in [6, 6.07) is 0. The molecule has 0 saturated heterocycles. The van der Waals surface area contributed by atoms with Gasteiger partial charge in [-0.05, 0) is 43.7 Å². The van der Waals surface area contributed by atoms with Gasteiger partial charge in [0.1, 0.15) is 5.76 Å². The molecule has 1 rings (SSSR count). The highest BCUT2D eigenvalue weighted by atomic mass is 16.5. The molecule has 0 amide bonds. The number of allylic oxidation sites excluding steroid dienone is 2. The zero-order valence-corrected chi connectivity index (χ0v) is 13.9. The lowest BCUT2D eigenvalue weighted by molar-refractivity contribution is 0.140. The minimum Gasteiger partial charge on any atom is -0.497 e. The van der Waals surface area contributed by atoms with E-state index in [2.05, 4.69) is 45.7 Å². The van der Waals surface area contributed by atoms with Gasteiger partial charge in [0.2, 0.25) is 0 Å². The zero-order chi connectivity index (χ0) is 15.0. The van der Waals surface area contributed by atoms with E-state index in [1.54, 1.807) is 0 Å². The number of hydrogen-bond donors (Lipinski definition) is 1. The lowest BCUT2D eigenvalue weighted by Crippen LogP contribution is -2.24. The first-order valence-electron chi connectivity index (χ1n) is 8.10. The maximum absolute atomic E-state index is 5.86. The Morgan fingerprint density at radius 2 is 2.20 bits per heavy atom. The van der Waals surface area contributed by atoms with Crippen molar-refractivity contribution in [1.29, 1.82) is 0 Å². The Kier molecular flexibility index (Phi) is 7.36. The molecule has 1 heterocycles. The number of nitrogens with one attached hydrogen (secondary N) is 1. The lowest BCUT2D eigenvalue weighted by atomic mass is 9.84. The minimum atomic E-state index is 0.344. The molecule has 0 radical (unpaired) electrons. The van der Waals surface area contributed by atoms with Crippen molar-refractivity contribution in [2.45, 2.75) is 59.8 Å². The van der Waals surface area contributed by atoms with Gasteiger partial charge in [0.15, 0.2) is 0 Å². The van der Waals surface area contributed by atoms with Gasteiger partial charge in [0.05, 0.1) is 13.2 Å². The Labute approximate surface area is 125 Å². The van der Waals surface area contributed by atoms with E-state index in [-0.39, 0.29) is 0 Å². The van der Waals surface area contributed by atoms with Gasteiger partial charge < -0.3 is 10.1 Å². The van der Waals surface area contributed by atoms with Crippen molar-refractivity contribution in [3.63, 3.8) is 0 Å². The molecular formula is C18H33NO. The predicted molar refractivity (Wildman–Crippen MR) is 87.7 cm³/mol. The van der Waals surface area contributed by atoms with Gasteiger partial charge in [-0.2, -0.15) is 0 Å². The Balaban J connectivity index is 2.23. The van der Waals surface area contributed by atoms with Crippen LogP contribution in [0.4, 0.5) is 0 Å². The fourth-order valence-electron chi connectivity index (χ4n) is 2.66. The summed E-state index contributed by atoms with van der Waals surface area (Å²) in [4.78, 5) is 0. The van der Waals surface area contributed by atoms with E-state index >= 15 is 0 Å². The summed E-state index contributed by atoms with van der Waals surface area (Å²) in [7, 11) is 0. The van der Waals surface area contributed by atoms with Crippen molar-refractivity contribution in [1.82, 2.24) is 5.32 Å². The van der Waals surface area contributed by atoms with Gasteiger partial charge in [-0.1, -0.05) is 46.3 Å². The molecule has 2 nitrogen and oxygen atoms in total. The fourth-order valence-corrected chi connectivity index (χ4v) is 2.66. The number of ether oxygens (including phenoxy) is 1. The highest BCUT2D eigenvalue weighted by Crippen LogP contribution is 2.29. The largest absolute Gasteiger partial charge is 0.497 e. The lowest BCUT2D eigenvalue weighted by Gasteiger charge is -2.26. The van der Waals surface area contributed by atoms with E-state index in [1.165, 1.54) is 18.4 Å². The number of rotatable bonds is 8. The summed E-state index contributed by atoms with van der Waals surface area (Å²) < 4.78 is 5.86. The Morgan fingerprint density at radius 1 is 1.45 bits per heavy atom. The smallest absolute Gasteiger partial charge is 0.106 e. The molecule has 0 saturated carbocycles. The minimum absolute atomic E-state index is 0.344. The number of hydrogen-bond acceptors (Lipinski definition) is 2. The van der Waals surface area contributed by atoms with Crippen molar-refractivity contribution in [3.8, 4) is 0 Å². The second kappa shape index (κ2) is 8.51. The van der Waals surface area contributed by atoms with Crippen LogP contribution in [0.15, 0.2) is 24.0 Å². The van der Waals surface area contributed by atoms with Crippen molar-refractivity contribution in [3.05, 3.63) is 24.0 Å². The third-order valence-electron chi connectivity index (χ3n) is 3.55. The van der Waals surface area contributed by atoms with Gasteiger partial charge in [-0.15, -0.1) is 0 Å². The van der Waals surface area contributed by atoms with Crippen molar-refractivity contribution >= 4 is 0 Å². The van der Waals surface area contributed by atoms with Crippen LogP contribution in [0, 0.1) is 11.3 Å². The molecule has 1 atom stereocenters. The molecule has 0 bridgehead atoms. The molecule has 2 heteroatoms. The maximum atomic E-state index is 5.86. The Morgan fingerprint density at radius 3 is 2.75 bits per heavy atom. The summed E-state index contributed by atoms with van der Waals surface area (Å²) >= 11 is 0. The van der Waals surface area contributed by atoms with Crippen molar-refractivity contribution in [2.24, 2.45) is 11.3 Å². The van der Waals surface area contributed by atoms with Crippen LogP contribution in [0.2, 0.25) is 0 Å². The molecule has 0 unspecified atom stereocenters. The second-order valence-electron chi connectivity index (χ2n) is 7.31. The molecule has 0 fully saturated rings. The van der Waals surface area contributed by atoms with E-state index in [0.29, 0.717) is 11.3 Å². The molecule has 0 aliphatic carbocycles. The topological polar surface area (TPSA) is 21.3 Å². The van der Waals surface area contributed by atoms with Gasteiger partial charge in [-0.3, -0.25) is 0 Å². The molecule has 116 valence electrons. The SMILES string of the molecule is C=C(C[C@@H]1CC=C(CNCCCC)OC1)CC(C)(C)C. The monoisotopic (exact) mass is 279 g/mol. The molecule has 0 spiro atoms. The van der Waals surface area contributed by atoms with E-state index in [9.17, 15) is 0 Å². The van der Waals surface area contributed by atoms with E-state index in [4.69, 9.17) is 4.74 Å². The first-order chi connectivity index (χ1) is 9.40. The fraction of sp³-hybridized carbons (Fsp3) is 0.778. The van der Waals surface area contributed by atoms with Crippen LogP contribution in [-0.2, 0) is 4.74 Å². The van der Waals surface area contributed by atoms with Crippen molar-refractivity contribution < 1.29 is 4.74 Å². The molecular weight excluding hydrogens is 246 g/mol. The summed E-state index contributed by atoms with van der Waals surface area (Å²) in [6.45, 7) is 16.1. The van der Waals surface area contributed by atoms with Crippen LogP contribution in [0.3, 0.4) is 0 Å². The standard InChI is InChI=1S/C18H33NO/c1-6-7-10-19-13-17-9-8-16(14-20-17)11-15(2)12-18(3,4)5/h9,16,19H,2,6-8,10-14H2,1,3-5H3/t16-/m0/s1. The molecule has 0 aromatic rings. The first kappa shape index (κ1) is 17.3. The van der Waals surface area contributed by atoms with Crippen LogP contribution >= 0.6 is 0 Å². The molecule has 0 aromatic heterocycles. The van der Waals surface area contributed by atoms with Gasteiger partial charge in [-0.25, -0.2) is 0 Å². The Bertz CT molecular complexity index is 325. The third-order valence-corrected chi connectivity index (χ3v) is 3.55. The average Bonchev–Trinajstić information content (AvgIpc) is 2.34. The van der Waals surface area contributed by atoms with E-state index in [1.807, 2.05) is 0 Å². The van der Waals surface area contributed by atoms with Gasteiger partial charge in [0.25, 0.3) is 0 Å². The normalized spacial score (nSPS) is 19.4. The predicted octanol–water partition coefficient (Wildman–Crippen LogP) is 4.68. The van der Waals surface area contributed by atoms with Gasteiger partial charge in [0, 0.05) is 5.92 Å². The average molecular weight is 279 g/mol. The third kappa shape index (κ3) is 7.74. The quantitative estimate of drug-likeness (QED) is 0.514. The molecule has 1 aliphatic heterocycles. The van der Waals surface area contributed by atoms with Crippen LogP contribution in [0.5, 0.6) is 0 Å². The molecule has 20 heavy (non-hydrogen) atoms. The van der Waals surface area contributed by atoms with Crippen molar-refractivity contribution in [2.75, 3.05) is 19.7 Å². The zero-order valence-electron chi connectivity index (χ0n) is 13.9. The highest BCUT2D eigenvalue weighted by molar-refractivity contribution is 5.04. The van der Waals surface area contributed by atoms with Crippen LogP contribution in [0.25, 0.3) is 0 Å². The van der Waals surface area contributed by atoms with Crippen LogP contribution in [-0.4, -0.2) is 19.7 Å². The molecule has 0 aromatic carbocycles. The number of unbranched alkanes of at least 4 members (excludes halogenated alkanes) is 1. The second-order valence-corrected chi connectivity index (χ2v) is 7.31. The van der Waals surface area contributed by atoms with Crippen LogP contribution in [0.1, 0.15) is 59.8 Å². The summed E-state index contributed by atoms with van der Waals surface area (Å²) in [6.07, 6.45) is 8.09. The molecule has 1 aliphatic rings. The van der Waals surface area contributed by atoms with Gasteiger partial charge >= 0.3 is 0 Å².